The van der Waals surface area contributed by atoms with Crippen LogP contribution in [0, 0.1) is 0 Å². The molecule has 2 rings (SSSR count). The lowest BCUT2D eigenvalue weighted by molar-refractivity contribution is 0.0731. The number of aromatic nitrogens is 1. The van der Waals surface area contributed by atoms with Crippen molar-refractivity contribution in [3.05, 3.63) is 52.6 Å². The van der Waals surface area contributed by atoms with Crippen LogP contribution in [0.1, 0.15) is 17.3 Å². The Labute approximate surface area is 137 Å². The van der Waals surface area contributed by atoms with Crippen LogP contribution in [0.4, 0.5) is 0 Å². The molecule has 0 radical (unpaired) electrons. The van der Waals surface area contributed by atoms with Gasteiger partial charge in [0.05, 0.1) is 12.2 Å². The molecule has 0 aliphatic carbocycles. The number of halogens is 1. The molecule has 0 saturated carbocycles. The van der Waals surface area contributed by atoms with Crippen LogP contribution in [-0.2, 0) is 0 Å². The van der Waals surface area contributed by atoms with Gasteiger partial charge in [-0.05, 0) is 37.3 Å². The largest absolute Gasteiger partial charge is 0.439 e. The van der Waals surface area contributed by atoms with Crippen molar-refractivity contribution < 1.29 is 14.6 Å². The summed E-state index contributed by atoms with van der Waals surface area (Å²) in [6.45, 7) is 2.66. The fourth-order valence-corrected chi connectivity index (χ4v) is 2.16. The second-order valence-electron chi connectivity index (χ2n) is 4.55. The van der Waals surface area contributed by atoms with E-state index in [9.17, 15) is 4.79 Å². The van der Waals surface area contributed by atoms with Crippen molar-refractivity contribution in [2.45, 2.75) is 6.92 Å². The number of amides is 1. The summed E-state index contributed by atoms with van der Waals surface area (Å²) >= 11 is 3.36. The van der Waals surface area contributed by atoms with Crippen LogP contribution in [0.3, 0.4) is 0 Å². The average Bonchev–Trinajstić information content (AvgIpc) is 2.55. The summed E-state index contributed by atoms with van der Waals surface area (Å²) in [6, 6.07) is 10.7. The highest BCUT2D eigenvalue weighted by atomic mass is 79.9. The zero-order valence-corrected chi connectivity index (χ0v) is 13.8. The average molecular weight is 365 g/mol. The topological polar surface area (TPSA) is 62.7 Å². The normalized spacial score (nSPS) is 10.3. The Morgan fingerprint density at radius 2 is 2.00 bits per heavy atom. The Hall–Kier alpha value is -1.92. The fourth-order valence-electron chi connectivity index (χ4n) is 1.90. The predicted octanol–water partition coefficient (Wildman–Crippen LogP) is 3.09. The third kappa shape index (κ3) is 4.29. The summed E-state index contributed by atoms with van der Waals surface area (Å²) in [5.74, 6) is 0.938. The third-order valence-corrected chi connectivity index (χ3v) is 3.59. The molecule has 1 aromatic carbocycles. The molecule has 0 fully saturated rings. The van der Waals surface area contributed by atoms with Gasteiger partial charge in [0.25, 0.3) is 5.91 Å². The third-order valence-electron chi connectivity index (χ3n) is 3.06. The number of likely N-dealkylation sites (N-methyl/N-ethyl adjacent to an activating group) is 1. The molecule has 0 unspecified atom stereocenters. The maximum Gasteiger partial charge on any atom is 0.255 e. The van der Waals surface area contributed by atoms with E-state index in [0.29, 0.717) is 30.3 Å². The molecule has 1 N–H and O–H groups in total. The molecule has 22 heavy (non-hydrogen) atoms. The van der Waals surface area contributed by atoms with Gasteiger partial charge in [-0.15, -0.1) is 0 Å². The Morgan fingerprint density at radius 1 is 1.27 bits per heavy atom. The Kier molecular flexibility index (Phi) is 5.91. The molecule has 1 amide bonds. The van der Waals surface area contributed by atoms with Crippen LogP contribution in [0.5, 0.6) is 11.6 Å². The van der Waals surface area contributed by atoms with Gasteiger partial charge in [-0.3, -0.25) is 4.79 Å². The van der Waals surface area contributed by atoms with Crippen LogP contribution >= 0.6 is 15.9 Å². The first-order valence-corrected chi connectivity index (χ1v) is 7.73. The summed E-state index contributed by atoms with van der Waals surface area (Å²) in [6.07, 6.45) is 1.48. The number of hydrogen-bond donors (Lipinski definition) is 1. The summed E-state index contributed by atoms with van der Waals surface area (Å²) in [5, 5.41) is 8.96. The first kappa shape index (κ1) is 16.5. The van der Waals surface area contributed by atoms with E-state index in [-0.39, 0.29) is 12.5 Å². The quantitative estimate of drug-likeness (QED) is 0.855. The van der Waals surface area contributed by atoms with Crippen molar-refractivity contribution in [3.8, 4) is 11.6 Å². The molecule has 1 aromatic heterocycles. The monoisotopic (exact) mass is 364 g/mol. The number of pyridine rings is 1. The van der Waals surface area contributed by atoms with Gasteiger partial charge in [0.2, 0.25) is 5.88 Å². The van der Waals surface area contributed by atoms with Crippen molar-refractivity contribution in [1.29, 1.82) is 0 Å². The van der Waals surface area contributed by atoms with Gasteiger partial charge in [-0.1, -0.05) is 15.9 Å². The van der Waals surface area contributed by atoms with E-state index in [2.05, 4.69) is 20.9 Å². The molecule has 1 heterocycles. The molecule has 2 aromatic rings. The van der Waals surface area contributed by atoms with Crippen molar-refractivity contribution in [2.24, 2.45) is 0 Å². The SMILES string of the molecule is CCN(CCO)C(=O)c1ccc(Oc2ccc(Br)cc2)nc1. The van der Waals surface area contributed by atoms with Crippen LogP contribution in [0.2, 0.25) is 0 Å². The second kappa shape index (κ2) is 7.91. The lowest BCUT2D eigenvalue weighted by Crippen LogP contribution is -2.33. The Morgan fingerprint density at radius 3 is 2.55 bits per heavy atom. The summed E-state index contributed by atoms with van der Waals surface area (Å²) in [7, 11) is 0. The van der Waals surface area contributed by atoms with Crippen molar-refractivity contribution >= 4 is 21.8 Å². The van der Waals surface area contributed by atoms with Gasteiger partial charge < -0.3 is 14.7 Å². The molecule has 0 bridgehead atoms. The zero-order valence-electron chi connectivity index (χ0n) is 12.2. The minimum atomic E-state index is -0.153. The molecule has 0 spiro atoms. The van der Waals surface area contributed by atoms with Gasteiger partial charge in [0.15, 0.2) is 0 Å². The summed E-state index contributed by atoms with van der Waals surface area (Å²) in [4.78, 5) is 17.9. The summed E-state index contributed by atoms with van der Waals surface area (Å²) < 4.78 is 6.58. The molecule has 0 aliphatic heterocycles. The van der Waals surface area contributed by atoms with Crippen molar-refractivity contribution in [2.75, 3.05) is 19.7 Å². The maximum absolute atomic E-state index is 12.2. The smallest absolute Gasteiger partial charge is 0.255 e. The van der Waals surface area contributed by atoms with E-state index >= 15 is 0 Å². The van der Waals surface area contributed by atoms with E-state index in [0.717, 1.165) is 4.47 Å². The second-order valence-corrected chi connectivity index (χ2v) is 5.47. The van der Waals surface area contributed by atoms with Crippen LogP contribution in [-0.4, -0.2) is 40.6 Å². The lowest BCUT2D eigenvalue weighted by atomic mass is 10.2. The lowest BCUT2D eigenvalue weighted by Gasteiger charge is -2.19. The predicted molar refractivity (Wildman–Crippen MR) is 87.1 cm³/mol. The number of ether oxygens (including phenoxy) is 1. The standard InChI is InChI=1S/C16H17BrN2O3/c1-2-19(9-10-20)16(21)12-3-8-15(18-11-12)22-14-6-4-13(17)5-7-14/h3-8,11,20H,2,9-10H2,1H3. The van der Waals surface area contributed by atoms with E-state index in [4.69, 9.17) is 9.84 Å². The van der Waals surface area contributed by atoms with Gasteiger partial charge >= 0.3 is 0 Å². The van der Waals surface area contributed by atoms with E-state index in [1.165, 1.54) is 6.20 Å². The maximum atomic E-state index is 12.2. The van der Waals surface area contributed by atoms with E-state index in [1.807, 2.05) is 31.2 Å². The molecule has 0 saturated heterocycles. The molecule has 0 atom stereocenters. The number of carbonyl (C=O) groups is 1. The van der Waals surface area contributed by atoms with Gasteiger partial charge in [-0.2, -0.15) is 0 Å². The van der Waals surface area contributed by atoms with Crippen LogP contribution in [0.25, 0.3) is 0 Å². The molecule has 5 nitrogen and oxygen atoms in total. The first-order valence-electron chi connectivity index (χ1n) is 6.93. The highest BCUT2D eigenvalue weighted by Gasteiger charge is 2.14. The number of benzene rings is 1. The zero-order chi connectivity index (χ0) is 15.9. The number of carbonyl (C=O) groups excluding carboxylic acids is 1. The van der Waals surface area contributed by atoms with Crippen LogP contribution in [0.15, 0.2) is 47.1 Å². The molecule has 0 aliphatic rings. The Bertz CT molecular complexity index is 614. The summed E-state index contributed by atoms with van der Waals surface area (Å²) in [5.41, 5.74) is 0.471. The Balaban J connectivity index is 2.06. The van der Waals surface area contributed by atoms with Gasteiger partial charge in [0.1, 0.15) is 5.75 Å². The molecular formula is C16H17BrN2O3. The van der Waals surface area contributed by atoms with Crippen molar-refractivity contribution in [1.82, 2.24) is 9.88 Å². The molecular weight excluding hydrogens is 348 g/mol. The van der Waals surface area contributed by atoms with Crippen LogP contribution < -0.4 is 4.74 Å². The van der Waals surface area contributed by atoms with Gasteiger partial charge in [0, 0.05) is 29.8 Å². The van der Waals surface area contributed by atoms with E-state index < -0.39 is 0 Å². The minimum Gasteiger partial charge on any atom is -0.439 e. The fraction of sp³-hybridized carbons (Fsp3) is 0.250. The van der Waals surface area contributed by atoms with E-state index in [1.54, 1.807) is 17.0 Å². The highest BCUT2D eigenvalue weighted by Crippen LogP contribution is 2.21. The number of aliphatic hydroxyl groups is 1. The number of nitrogens with zero attached hydrogens (tertiary/aromatic N) is 2. The first-order chi connectivity index (χ1) is 10.6. The highest BCUT2D eigenvalue weighted by molar-refractivity contribution is 9.10. The molecule has 6 heteroatoms. The minimum absolute atomic E-state index is 0.0578. The van der Waals surface area contributed by atoms with Gasteiger partial charge in [-0.25, -0.2) is 4.98 Å². The van der Waals surface area contributed by atoms with Crippen molar-refractivity contribution in [3.63, 3.8) is 0 Å². The number of aliphatic hydroxyl groups excluding tert-OH is 1. The number of rotatable bonds is 6. The number of hydrogen-bond acceptors (Lipinski definition) is 4. The molecule has 116 valence electrons.